The molecule has 1 aliphatic carbocycles. The molecule has 0 unspecified atom stereocenters. The van der Waals surface area contributed by atoms with E-state index in [-0.39, 0.29) is 35.9 Å². The van der Waals surface area contributed by atoms with Crippen molar-refractivity contribution in [1.29, 1.82) is 5.26 Å². The van der Waals surface area contributed by atoms with Gasteiger partial charge in [-0.05, 0) is 42.7 Å². The first-order valence-corrected chi connectivity index (χ1v) is 13.4. The van der Waals surface area contributed by atoms with Crippen LogP contribution in [0.4, 0.5) is 25.0 Å². The van der Waals surface area contributed by atoms with Gasteiger partial charge in [0.15, 0.2) is 0 Å². The van der Waals surface area contributed by atoms with Crippen molar-refractivity contribution in [2.45, 2.75) is 49.7 Å². The van der Waals surface area contributed by atoms with Gasteiger partial charge in [0, 0.05) is 49.8 Å². The van der Waals surface area contributed by atoms with Crippen LogP contribution in [-0.4, -0.2) is 62.2 Å². The molecule has 0 bridgehead atoms. The molecule has 3 aliphatic rings. The fraction of sp³-hybridized carbons (Fsp3) is 0.483. The number of rotatable bonds is 6. The van der Waals surface area contributed by atoms with Crippen molar-refractivity contribution in [2.24, 2.45) is 11.8 Å². The molecule has 5 rings (SSSR count). The van der Waals surface area contributed by atoms with Gasteiger partial charge in [0.1, 0.15) is 11.8 Å². The molecule has 1 saturated carbocycles. The van der Waals surface area contributed by atoms with Crippen LogP contribution in [0.15, 0.2) is 42.5 Å². The van der Waals surface area contributed by atoms with E-state index >= 15 is 0 Å². The van der Waals surface area contributed by atoms with E-state index in [1.165, 1.54) is 13.2 Å². The second-order valence-electron chi connectivity index (χ2n) is 10.7. The Morgan fingerprint density at radius 1 is 1.20 bits per heavy atom. The second kappa shape index (κ2) is 11.3. The normalized spacial score (nSPS) is 26.5. The molecule has 212 valence electrons. The summed E-state index contributed by atoms with van der Waals surface area (Å²) in [5, 5.41) is 18.3. The first-order valence-electron chi connectivity index (χ1n) is 13.4. The van der Waals surface area contributed by atoms with Crippen LogP contribution in [0.3, 0.4) is 0 Å². The largest absolute Gasteiger partial charge is 0.495 e. The average Bonchev–Trinajstić information content (AvgIpc) is 3.39. The van der Waals surface area contributed by atoms with Gasteiger partial charge >= 0.3 is 6.03 Å². The first-order chi connectivity index (χ1) is 19.2. The van der Waals surface area contributed by atoms with Gasteiger partial charge in [-0.3, -0.25) is 4.79 Å². The molecule has 5 atom stereocenters. The molecule has 0 radical (unpaired) electrons. The number of amides is 3. The van der Waals surface area contributed by atoms with E-state index < -0.39 is 36.8 Å². The highest BCUT2D eigenvalue weighted by molar-refractivity contribution is 5.90. The fourth-order valence-electron chi connectivity index (χ4n) is 6.41. The number of alkyl halides is 2. The summed E-state index contributed by atoms with van der Waals surface area (Å²) in [7, 11) is 3.07. The first kappa shape index (κ1) is 27.6. The molecule has 2 aliphatic heterocycles. The Morgan fingerprint density at radius 2 is 2.00 bits per heavy atom. The van der Waals surface area contributed by atoms with Gasteiger partial charge in [-0.25, -0.2) is 13.6 Å². The summed E-state index contributed by atoms with van der Waals surface area (Å²) in [4.78, 5) is 28.7. The van der Waals surface area contributed by atoms with Gasteiger partial charge in [0.2, 0.25) is 11.8 Å². The SMILES string of the molecule is COC[C@@H]1Nc2ccccc2[C@H]2[C@@H]1CCN2C(=O)[C@H]1CC(F)(F)CC[C@H]1NC(=O)Nc1ccc(OC)c(C#N)c1. The molecule has 3 amide bonds. The maximum atomic E-state index is 14.7. The number of ether oxygens (including phenoxy) is 2. The van der Waals surface area contributed by atoms with Crippen molar-refractivity contribution in [2.75, 3.05) is 38.0 Å². The second-order valence-corrected chi connectivity index (χ2v) is 10.7. The molecule has 2 aromatic rings. The number of urea groups is 1. The summed E-state index contributed by atoms with van der Waals surface area (Å²) in [6, 6.07) is 12.7. The number of carbonyl (C=O) groups excluding carboxylic acids is 2. The maximum absolute atomic E-state index is 14.7. The van der Waals surface area contributed by atoms with Crippen LogP contribution >= 0.6 is 0 Å². The minimum absolute atomic E-state index is 0.0157. The smallest absolute Gasteiger partial charge is 0.319 e. The van der Waals surface area contributed by atoms with Crippen LogP contribution < -0.4 is 20.7 Å². The Bertz CT molecular complexity index is 1320. The van der Waals surface area contributed by atoms with Crippen molar-refractivity contribution in [3.63, 3.8) is 0 Å². The molecule has 0 aromatic heterocycles. The van der Waals surface area contributed by atoms with Crippen molar-refractivity contribution >= 4 is 23.3 Å². The van der Waals surface area contributed by atoms with Gasteiger partial charge < -0.3 is 30.3 Å². The van der Waals surface area contributed by atoms with Gasteiger partial charge in [-0.1, -0.05) is 18.2 Å². The summed E-state index contributed by atoms with van der Waals surface area (Å²) < 4.78 is 39.9. The molecule has 9 nitrogen and oxygen atoms in total. The Morgan fingerprint density at radius 3 is 2.75 bits per heavy atom. The number of anilines is 2. The van der Waals surface area contributed by atoms with Gasteiger partial charge in [-0.15, -0.1) is 0 Å². The van der Waals surface area contributed by atoms with Crippen LogP contribution in [-0.2, 0) is 9.53 Å². The number of hydrogen-bond acceptors (Lipinski definition) is 6. The Hall–Kier alpha value is -3.91. The third-order valence-corrected chi connectivity index (χ3v) is 8.25. The number of likely N-dealkylation sites (tertiary alicyclic amines) is 1. The molecular weight excluding hydrogens is 520 g/mol. The maximum Gasteiger partial charge on any atom is 0.319 e. The molecule has 1 saturated heterocycles. The highest BCUT2D eigenvalue weighted by Crippen LogP contribution is 2.48. The Kier molecular flexibility index (Phi) is 7.81. The molecule has 40 heavy (non-hydrogen) atoms. The predicted octanol–water partition coefficient (Wildman–Crippen LogP) is 4.52. The number of benzene rings is 2. The number of fused-ring (bicyclic) bond motifs is 3. The van der Waals surface area contributed by atoms with E-state index in [1.807, 2.05) is 30.3 Å². The van der Waals surface area contributed by atoms with E-state index in [9.17, 15) is 23.6 Å². The van der Waals surface area contributed by atoms with E-state index in [1.54, 1.807) is 24.1 Å². The highest BCUT2D eigenvalue weighted by atomic mass is 19.3. The zero-order valence-electron chi connectivity index (χ0n) is 22.5. The molecule has 2 aromatic carbocycles. The number of para-hydroxylation sites is 1. The van der Waals surface area contributed by atoms with Crippen molar-refractivity contribution in [3.05, 3.63) is 53.6 Å². The van der Waals surface area contributed by atoms with E-state index in [0.29, 0.717) is 31.0 Å². The zero-order valence-corrected chi connectivity index (χ0v) is 22.5. The number of nitrogens with zero attached hydrogens (tertiary/aromatic N) is 2. The summed E-state index contributed by atoms with van der Waals surface area (Å²) in [6.07, 6.45) is -0.369. The number of methoxy groups -OCH3 is 2. The minimum Gasteiger partial charge on any atom is -0.495 e. The molecule has 11 heteroatoms. The van der Waals surface area contributed by atoms with Gasteiger partial charge in [-0.2, -0.15) is 5.26 Å². The van der Waals surface area contributed by atoms with Crippen molar-refractivity contribution in [3.8, 4) is 11.8 Å². The quantitative estimate of drug-likeness (QED) is 0.485. The van der Waals surface area contributed by atoms with Crippen LogP contribution in [0.5, 0.6) is 5.75 Å². The topological polar surface area (TPSA) is 116 Å². The molecule has 2 fully saturated rings. The lowest BCUT2D eigenvalue weighted by atomic mass is 9.80. The summed E-state index contributed by atoms with van der Waals surface area (Å²) in [5.41, 5.74) is 2.45. The standard InChI is InChI=1S/C29H33F2N5O4/c1-39-16-24-20-10-12-36(26(20)19-5-3-4-6-22(19)34-24)27(37)21-14-29(30,31)11-9-23(21)35-28(38)33-18-7-8-25(40-2)17(13-18)15-32/h3-8,13,20-21,23-24,26,34H,9-12,14,16H2,1-2H3,(H2,33,35,38)/t20-,21+,23-,24+,26+/m1/s1. The number of nitriles is 1. The van der Waals surface area contributed by atoms with Gasteiger partial charge in [0.25, 0.3) is 0 Å². The van der Waals surface area contributed by atoms with Crippen LogP contribution in [0, 0.1) is 23.2 Å². The highest BCUT2D eigenvalue weighted by Gasteiger charge is 2.51. The molecular formula is C29H33F2N5O4. The van der Waals surface area contributed by atoms with Crippen molar-refractivity contribution in [1.82, 2.24) is 10.2 Å². The van der Waals surface area contributed by atoms with Gasteiger partial charge in [0.05, 0.1) is 37.3 Å². The predicted molar refractivity (Wildman–Crippen MR) is 144 cm³/mol. The average molecular weight is 554 g/mol. The van der Waals surface area contributed by atoms with Crippen molar-refractivity contribution < 1.29 is 27.8 Å². The third kappa shape index (κ3) is 5.41. The molecule has 3 N–H and O–H groups in total. The summed E-state index contributed by atoms with van der Waals surface area (Å²) >= 11 is 0. The Balaban J connectivity index is 1.36. The third-order valence-electron chi connectivity index (χ3n) is 8.25. The fourth-order valence-corrected chi connectivity index (χ4v) is 6.41. The lowest BCUT2D eigenvalue weighted by molar-refractivity contribution is -0.146. The Labute approximate surface area is 231 Å². The van der Waals surface area contributed by atoms with Crippen LogP contribution in [0.1, 0.15) is 42.9 Å². The van der Waals surface area contributed by atoms with E-state index in [4.69, 9.17) is 9.47 Å². The molecule has 0 spiro atoms. The lowest BCUT2D eigenvalue weighted by Gasteiger charge is -2.42. The molecule has 2 heterocycles. The lowest BCUT2D eigenvalue weighted by Crippen LogP contribution is -2.54. The van der Waals surface area contributed by atoms with Crippen LogP contribution in [0.25, 0.3) is 0 Å². The monoisotopic (exact) mass is 553 g/mol. The van der Waals surface area contributed by atoms with E-state index in [2.05, 4.69) is 16.0 Å². The minimum atomic E-state index is -3.00. The van der Waals surface area contributed by atoms with Crippen LogP contribution in [0.2, 0.25) is 0 Å². The summed E-state index contributed by atoms with van der Waals surface area (Å²) in [6.45, 7) is 0.899. The zero-order chi connectivity index (χ0) is 28.4. The number of nitrogens with one attached hydrogen (secondary N) is 3. The number of carbonyl (C=O) groups is 2. The van der Waals surface area contributed by atoms with E-state index in [0.717, 1.165) is 11.3 Å². The number of halogens is 2. The number of hydrogen-bond donors (Lipinski definition) is 3. The summed E-state index contributed by atoms with van der Waals surface area (Å²) in [5.74, 6) is -4.02.